The van der Waals surface area contributed by atoms with Gasteiger partial charge in [-0.15, -0.1) is 5.10 Å². The Morgan fingerprint density at radius 2 is 2.02 bits per heavy atom. The number of anilines is 1. The zero-order valence-electron chi connectivity index (χ0n) is 24.3. The van der Waals surface area contributed by atoms with Crippen LogP contribution >= 0.6 is 11.6 Å². The molecule has 0 saturated carbocycles. The van der Waals surface area contributed by atoms with E-state index < -0.39 is 11.7 Å². The van der Waals surface area contributed by atoms with Crippen LogP contribution in [0.5, 0.6) is 17.2 Å². The number of nitrogens with one attached hydrogen (secondary N) is 1. The van der Waals surface area contributed by atoms with Crippen LogP contribution in [0.3, 0.4) is 0 Å². The minimum atomic E-state index is -0.609. The Bertz CT molecular complexity index is 1610. The molecule has 1 amide bonds. The molecule has 0 radical (unpaired) electrons. The zero-order valence-corrected chi connectivity index (χ0v) is 25.0. The molecule has 1 saturated heterocycles. The molecule has 5 rings (SSSR count). The van der Waals surface area contributed by atoms with Gasteiger partial charge in [-0.3, -0.25) is 9.69 Å². The van der Waals surface area contributed by atoms with Crippen LogP contribution in [-0.2, 0) is 13.2 Å². The van der Waals surface area contributed by atoms with Gasteiger partial charge in [0, 0.05) is 30.3 Å². The van der Waals surface area contributed by atoms with Gasteiger partial charge in [-0.1, -0.05) is 29.3 Å². The quantitative estimate of drug-likeness (QED) is 0.183. The van der Waals surface area contributed by atoms with Crippen LogP contribution in [0.4, 0.5) is 10.2 Å². The van der Waals surface area contributed by atoms with Gasteiger partial charge in [0.15, 0.2) is 5.69 Å². The third-order valence-corrected chi connectivity index (χ3v) is 7.64. The molecular weight excluding hydrogens is 597 g/mol. The summed E-state index contributed by atoms with van der Waals surface area (Å²) in [5.41, 5.74) is 9.53. The standard InChI is InChI=1S/C28H31ClFN9O5/c1-16-7-4-5-10-38(16)14-22-25(33-37-39(22)27-26(31)35-44-36-27)28(40)34-32-13-18-23(41-2)11-17(12-24(18)42-3)43-15-19-20(29)8-6-9-21(19)30/h6,8-9,11-13,16H,4-5,7,10,14-15H2,1-3H3,(H2,31,35)(H,34,40)/b32-13+/t16-/m1/s1. The molecule has 2 aromatic heterocycles. The van der Waals surface area contributed by atoms with Crippen molar-refractivity contribution in [2.24, 2.45) is 5.10 Å². The predicted octanol–water partition coefficient (Wildman–Crippen LogP) is 3.76. The molecular formula is C28H31ClFN9O5. The Morgan fingerprint density at radius 3 is 2.68 bits per heavy atom. The molecule has 2 aromatic carbocycles. The van der Waals surface area contributed by atoms with Crippen LogP contribution in [0.15, 0.2) is 40.1 Å². The van der Waals surface area contributed by atoms with Crippen molar-refractivity contribution in [3.8, 4) is 23.1 Å². The molecule has 0 aliphatic carbocycles. The van der Waals surface area contributed by atoms with Crippen molar-refractivity contribution in [1.29, 1.82) is 0 Å². The minimum Gasteiger partial charge on any atom is -0.496 e. The molecule has 1 fully saturated rings. The molecule has 0 spiro atoms. The number of piperidine rings is 1. The molecule has 1 aliphatic heterocycles. The number of carbonyl (C=O) groups is 1. The fourth-order valence-electron chi connectivity index (χ4n) is 4.87. The van der Waals surface area contributed by atoms with Crippen LogP contribution in [0, 0.1) is 5.82 Å². The number of carbonyl (C=O) groups excluding carboxylic acids is 1. The van der Waals surface area contributed by atoms with E-state index in [9.17, 15) is 9.18 Å². The summed E-state index contributed by atoms with van der Waals surface area (Å²) in [5.74, 6) is 0.0557. The number of methoxy groups -OCH3 is 2. The van der Waals surface area contributed by atoms with Crippen molar-refractivity contribution in [3.05, 3.63) is 63.7 Å². The van der Waals surface area contributed by atoms with Crippen molar-refractivity contribution in [2.45, 2.75) is 45.4 Å². The lowest BCUT2D eigenvalue weighted by atomic mass is 10.0. The Hall–Kier alpha value is -4.76. The van der Waals surface area contributed by atoms with Crippen LogP contribution in [0.25, 0.3) is 5.82 Å². The van der Waals surface area contributed by atoms with E-state index >= 15 is 0 Å². The number of hydrogen-bond donors (Lipinski definition) is 2. The third-order valence-electron chi connectivity index (χ3n) is 7.29. The van der Waals surface area contributed by atoms with Crippen LogP contribution in [0.2, 0.25) is 5.02 Å². The lowest BCUT2D eigenvalue weighted by Gasteiger charge is -2.33. The van der Waals surface area contributed by atoms with E-state index in [0.29, 0.717) is 41.1 Å². The second kappa shape index (κ2) is 13.7. The summed E-state index contributed by atoms with van der Waals surface area (Å²) >= 11 is 6.12. The first kappa shape index (κ1) is 30.7. The van der Waals surface area contributed by atoms with Gasteiger partial charge in [-0.2, -0.15) is 9.78 Å². The van der Waals surface area contributed by atoms with Crippen molar-refractivity contribution in [3.63, 3.8) is 0 Å². The average molecular weight is 628 g/mol. The zero-order chi connectivity index (χ0) is 31.2. The summed E-state index contributed by atoms with van der Waals surface area (Å²) in [7, 11) is 2.91. The number of benzene rings is 2. The van der Waals surface area contributed by atoms with Crippen LogP contribution in [-0.4, -0.2) is 69.1 Å². The number of nitrogen functional groups attached to an aromatic ring is 1. The normalized spacial score (nSPS) is 15.4. The van der Waals surface area contributed by atoms with Gasteiger partial charge >= 0.3 is 0 Å². The van der Waals surface area contributed by atoms with Gasteiger partial charge in [-0.25, -0.2) is 14.4 Å². The minimum absolute atomic E-state index is 0.0106. The number of aromatic nitrogens is 5. The number of halogens is 2. The smallest absolute Gasteiger partial charge is 0.293 e. The summed E-state index contributed by atoms with van der Waals surface area (Å²) in [5, 5.41) is 20.0. The van der Waals surface area contributed by atoms with Gasteiger partial charge in [0.1, 0.15) is 29.7 Å². The first-order valence-corrected chi connectivity index (χ1v) is 14.1. The highest BCUT2D eigenvalue weighted by molar-refractivity contribution is 6.31. The van der Waals surface area contributed by atoms with E-state index in [-0.39, 0.29) is 34.5 Å². The van der Waals surface area contributed by atoms with Crippen molar-refractivity contribution in [1.82, 2.24) is 35.6 Å². The van der Waals surface area contributed by atoms with Gasteiger partial charge in [0.2, 0.25) is 11.6 Å². The van der Waals surface area contributed by atoms with Gasteiger partial charge in [-0.05, 0) is 48.8 Å². The fraction of sp³-hybridized carbons (Fsp3) is 0.357. The molecule has 3 N–H and O–H groups in total. The Balaban J connectivity index is 1.36. The third kappa shape index (κ3) is 6.58. The first-order chi connectivity index (χ1) is 21.3. The van der Waals surface area contributed by atoms with Crippen molar-refractivity contribution in [2.75, 3.05) is 26.5 Å². The molecule has 232 valence electrons. The molecule has 14 nitrogen and oxygen atoms in total. The van der Waals surface area contributed by atoms with E-state index in [1.165, 1.54) is 37.2 Å². The molecule has 4 aromatic rings. The number of hydrogen-bond acceptors (Lipinski definition) is 12. The predicted molar refractivity (Wildman–Crippen MR) is 158 cm³/mol. The Labute approximate surface area is 256 Å². The lowest BCUT2D eigenvalue weighted by Crippen LogP contribution is -2.38. The molecule has 3 heterocycles. The molecule has 1 aliphatic rings. The van der Waals surface area contributed by atoms with E-state index in [2.05, 4.69) is 43.0 Å². The average Bonchev–Trinajstić information content (AvgIpc) is 3.63. The summed E-state index contributed by atoms with van der Waals surface area (Å²) in [4.78, 5) is 15.5. The second-order valence-electron chi connectivity index (χ2n) is 10.0. The number of likely N-dealkylation sites (tertiary alicyclic amines) is 1. The molecule has 0 bridgehead atoms. The van der Waals surface area contributed by atoms with E-state index in [1.54, 1.807) is 18.2 Å². The SMILES string of the molecule is COc1cc(OCc2c(F)cccc2Cl)cc(OC)c1/C=N/NC(=O)c1nnn(-c2nonc2N)c1CN1CCCC[C@H]1C. The first-order valence-electron chi connectivity index (χ1n) is 13.7. The summed E-state index contributed by atoms with van der Waals surface area (Å²) in [6.45, 7) is 3.24. The number of rotatable bonds is 11. The highest BCUT2D eigenvalue weighted by Crippen LogP contribution is 2.34. The number of amides is 1. The van der Waals surface area contributed by atoms with E-state index in [0.717, 1.165) is 25.8 Å². The second-order valence-corrected chi connectivity index (χ2v) is 10.4. The summed E-state index contributed by atoms with van der Waals surface area (Å²) < 4.78 is 37.1. The Kier molecular flexibility index (Phi) is 9.55. The fourth-order valence-corrected chi connectivity index (χ4v) is 5.09. The lowest BCUT2D eigenvalue weighted by molar-refractivity contribution is 0.0945. The monoisotopic (exact) mass is 627 g/mol. The molecule has 0 unspecified atom stereocenters. The molecule has 16 heteroatoms. The number of ether oxygens (including phenoxy) is 3. The van der Waals surface area contributed by atoms with E-state index in [4.69, 9.17) is 36.2 Å². The van der Waals surface area contributed by atoms with E-state index in [1.807, 2.05) is 0 Å². The van der Waals surface area contributed by atoms with Crippen molar-refractivity contribution >= 4 is 29.5 Å². The number of nitrogens with two attached hydrogens (primary N) is 1. The molecule has 44 heavy (non-hydrogen) atoms. The topological polar surface area (TPSA) is 168 Å². The largest absolute Gasteiger partial charge is 0.496 e. The van der Waals surface area contributed by atoms with Crippen molar-refractivity contribution < 1.29 is 28.0 Å². The maximum absolute atomic E-state index is 14.2. The number of nitrogens with zero attached hydrogens (tertiary/aromatic N) is 7. The maximum Gasteiger partial charge on any atom is 0.293 e. The Morgan fingerprint density at radius 1 is 1.25 bits per heavy atom. The van der Waals surface area contributed by atoms with Crippen LogP contribution in [0.1, 0.15) is 53.5 Å². The highest BCUT2D eigenvalue weighted by atomic mass is 35.5. The van der Waals surface area contributed by atoms with Crippen LogP contribution < -0.4 is 25.4 Å². The summed E-state index contributed by atoms with van der Waals surface area (Å²) in [6, 6.07) is 7.86. The maximum atomic E-state index is 14.2. The highest BCUT2D eigenvalue weighted by Gasteiger charge is 2.28. The van der Waals surface area contributed by atoms with Gasteiger partial charge in [0.25, 0.3) is 5.91 Å². The van der Waals surface area contributed by atoms with Gasteiger partial charge in [0.05, 0.1) is 36.7 Å². The molecule has 1 atom stereocenters. The number of hydrazone groups is 1. The summed E-state index contributed by atoms with van der Waals surface area (Å²) in [6.07, 6.45) is 4.57. The van der Waals surface area contributed by atoms with Gasteiger partial charge < -0.3 is 19.9 Å².